The van der Waals surface area contributed by atoms with E-state index in [1.807, 2.05) is 13.8 Å². The van der Waals surface area contributed by atoms with Crippen molar-refractivity contribution < 1.29 is 9.81 Å². The highest BCUT2D eigenvalue weighted by Gasteiger charge is 2.46. The zero-order valence-electron chi connectivity index (χ0n) is 9.62. The maximum absolute atomic E-state index is 9.30. The second-order valence-electron chi connectivity index (χ2n) is 4.24. The summed E-state index contributed by atoms with van der Waals surface area (Å²) in [5.41, 5.74) is 0.208. The lowest BCUT2D eigenvalue weighted by molar-refractivity contribution is 0.0998. The minimum absolute atomic E-state index is 0. The van der Waals surface area contributed by atoms with E-state index in [0.29, 0.717) is 6.61 Å². The van der Waals surface area contributed by atoms with Gasteiger partial charge in [0.05, 0.1) is 6.61 Å². The number of aliphatic hydroxyl groups is 1. The van der Waals surface area contributed by atoms with Crippen molar-refractivity contribution in [1.29, 1.82) is 0 Å². The summed E-state index contributed by atoms with van der Waals surface area (Å²) in [5.74, 6) is 0.794. The Bertz CT molecular complexity index is 165. The van der Waals surface area contributed by atoms with Crippen LogP contribution in [0.5, 0.6) is 0 Å². The van der Waals surface area contributed by atoms with Gasteiger partial charge in [0.1, 0.15) is 0 Å². The van der Waals surface area contributed by atoms with Crippen molar-refractivity contribution in [3.05, 3.63) is 0 Å². The molecule has 2 saturated heterocycles. The average molecular weight is 205 g/mol. The van der Waals surface area contributed by atoms with Crippen LogP contribution in [-0.4, -0.2) is 35.2 Å². The minimum atomic E-state index is 0. The number of hydrogen-bond donors (Lipinski definition) is 1. The van der Waals surface area contributed by atoms with E-state index in [2.05, 4.69) is 11.8 Å². The molecule has 2 heterocycles. The van der Waals surface area contributed by atoms with Crippen molar-refractivity contribution in [3.8, 4) is 0 Å². The Balaban J connectivity index is 0.000000531. The fraction of sp³-hybridized carbons (Fsp3) is 1.00. The molecule has 3 heteroatoms. The number of nitrogens with zero attached hydrogens (tertiary/aromatic N) is 1. The van der Waals surface area contributed by atoms with Crippen LogP contribution in [0.4, 0.5) is 4.70 Å². The molecule has 2 nitrogen and oxygen atoms in total. The summed E-state index contributed by atoms with van der Waals surface area (Å²) in [6, 6.07) is 0. The van der Waals surface area contributed by atoms with Gasteiger partial charge in [-0.1, -0.05) is 20.8 Å². The second kappa shape index (κ2) is 5.66. The van der Waals surface area contributed by atoms with Crippen molar-refractivity contribution >= 4 is 0 Å². The molecule has 0 unspecified atom stereocenters. The first kappa shape index (κ1) is 13.8. The number of fused-ring (bicyclic) bond motifs is 1. The zero-order valence-corrected chi connectivity index (χ0v) is 9.62. The van der Waals surface area contributed by atoms with Crippen LogP contribution in [0.25, 0.3) is 0 Å². The van der Waals surface area contributed by atoms with Gasteiger partial charge in [-0.15, -0.1) is 0 Å². The van der Waals surface area contributed by atoms with E-state index in [1.165, 1.54) is 32.4 Å². The first-order valence-electron chi connectivity index (χ1n) is 5.63. The smallest absolute Gasteiger partial charge is 0.0615 e. The fourth-order valence-corrected chi connectivity index (χ4v) is 2.84. The maximum Gasteiger partial charge on any atom is 0.0615 e. The molecular weight excluding hydrogens is 181 g/mol. The standard InChI is InChI=1S/C9H17NO.C2H6.FH/c1-8-5-9(7-11)3-2-4-10(9)6-8;1-2;/h8,11H,2-7H2,1H3;1-2H3;1H/t8-,9+;;/m1../s1. The normalized spacial score (nSPS) is 35.6. The van der Waals surface area contributed by atoms with E-state index >= 15 is 0 Å². The fourth-order valence-electron chi connectivity index (χ4n) is 2.84. The third-order valence-corrected chi connectivity index (χ3v) is 3.30. The zero-order chi connectivity index (χ0) is 9.90. The van der Waals surface area contributed by atoms with E-state index < -0.39 is 0 Å². The Morgan fingerprint density at radius 1 is 1.43 bits per heavy atom. The maximum atomic E-state index is 9.30. The van der Waals surface area contributed by atoms with Crippen molar-refractivity contribution in [2.45, 2.75) is 45.6 Å². The Hall–Kier alpha value is -0.150. The van der Waals surface area contributed by atoms with Gasteiger partial charge in [0, 0.05) is 12.1 Å². The van der Waals surface area contributed by atoms with Gasteiger partial charge in [-0.2, -0.15) is 0 Å². The molecule has 2 atom stereocenters. The van der Waals surface area contributed by atoms with E-state index in [9.17, 15) is 5.11 Å². The molecule has 2 rings (SSSR count). The molecule has 2 aliphatic rings. The van der Waals surface area contributed by atoms with Crippen LogP contribution in [0.3, 0.4) is 0 Å². The molecule has 0 radical (unpaired) electrons. The molecule has 0 bridgehead atoms. The molecule has 0 amide bonds. The molecule has 0 aromatic heterocycles. The molecule has 2 aliphatic heterocycles. The number of aliphatic hydroxyl groups excluding tert-OH is 1. The van der Waals surface area contributed by atoms with E-state index in [4.69, 9.17) is 0 Å². The van der Waals surface area contributed by atoms with Gasteiger partial charge in [0.15, 0.2) is 0 Å². The molecule has 1 N–H and O–H groups in total. The van der Waals surface area contributed by atoms with Crippen molar-refractivity contribution in [2.75, 3.05) is 19.7 Å². The predicted molar refractivity (Wildman–Crippen MR) is 58.3 cm³/mol. The Morgan fingerprint density at radius 2 is 2.07 bits per heavy atom. The lowest BCUT2D eigenvalue weighted by atomic mass is 9.92. The van der Waals surface area contributed by atoms with Gasteiger partial charge < -0.3 is 5.11 Å². The topological polar surface area (TPSA) is 23.5 Å². The van der Waals surface area contributed by atoms with Gasteiger partial charge in [0.2, 0.25) is 0 Å². The first-order chi connectivity index (χ1) is 6.27. The SMILES string of the molecule is CC.C[C@H]1CN2CCC[C@@]2(CO)C1.F. The Kier molecular flexibility index (Phi) is 5.60. The van der Waals surface area contributed by atoms with Crippen molar-refractivity contribution in [3.63, 3.8) is 0 Å². The highest BCUT2D eigenvalue weighted by atomic mass is 19.0. The summed E-state index contributed by atoms with van der Waals surface area (Å²) in [4.78, 5) is 2.48. The molecular formula is C11H24FNO. The van der Waals surface area contributed by atoms with Crippen LogP contribution < -0.4 is 0 Å². The second-order valence-corrected chi connectivity index (χ2v) is 4.24. The lowest BCUT2D eigenvalue weighted by Gasteiger charge is -2.29. The van der Waals surface area contributed by atoms with Crippen LogP contribution >= 0.6 is 0 Å². The van der Waals surface area contributed by atoms with Crippen LogP contribution in [0, 0.1) is 5.92 Å². The molecule has 14 heavy (non-hydrogen) atoms. The summed E-state index contributed by atoms with van der Waals surface area (Å²) in [6.07, 6.45) is 3.71. The largest absolute Gasteiger partial charge is 0.394 e. The molecule has 0 aliphatic carbocycles. The number of rotatable bonds is 1. The Morgan fingerprint density at radius 3 is 2.57 bits per heavy atom. The lowest BCUT2D eigenvalue weighted by Crippen LogP contribution is -2.41. The van der Waals surface area contributed by atoms with Gasteiger partial charge in [-0.3, -0.25) is 9.60 Å². The summed E-state index contributed by atoms with van der Waals surface area (Å²) >= 11 is 0. The Labute approximate surface area is 86.7 Å². The van der Waals surface area contributed by atoms with Gasteiger partial charge >= 0.3 is 0 Å². The van der Waals surface area contributed by atoms with Gasteiger partial charge in [-0.05, 0) is 31.7 Å². The first-order valence-corrected chi connectivity index (χ1v) is 5.63. The predicted octanol–water partition coefficient (Wildman–Crippen LogP) is 2.03. The molecule has 0 spiro atoms. The van der Waals surface area contributed by atoms with Gasteiger partial charge in [0.25, 0.3) is 0 Å². The summed E-state index contributed by atoms with van der Waals surface area (Å²) in [7, 11) is 0. The van der Waals surface area contributed by atoms with Crippen LogP contribution in [0.15, 0.2) is 0 Å². The third-order valence-electron chi connectivity index (χ3n) is 3.30. The monoisotopic (exact) mass is 205 g/mol. The van der Waals surface area contributed by atoms with E-state index in [0.717, 1.165) is 5.92 Å². The van der Waals surface area contributed by atoms with Crippen LogP contribution in [0.1, 0.15) is 40.0 Å². The highest BCUT2D eigenvalue weighted by Crippen LogP contribution is 2.40. The number of hydrogen-bond acceptors (Lipinski definition) is 2. The average Bonchev–Trinajstić information content (AvgIpc) is 2.64. The molecule has 0 saturated carbocycles. The van der Waals surface area contributed by atoms with Crippen molar-refractivity contribution in [1.82, 2.24) is 4.90 Å². The molecule has 0 aromatic carbocycles. The summed E-state index contributed by atoms with van der Waals surface area (Å²) in [6.45, 7) is 9.08. The van der Waals surface area contributed by atoms with Crippen LogP contribution in [-0.2, 0) is 0 Å². The number of halogens is 1. The third kappa shape index (κ3) is 2.26. The molecule has 2 fully saturated rings. The summed E-state index contributed by atoms with van der Waals surface area (Å²) in [5, 5.41) is 9.30. The summed E-state index contributed by atoms with van der Waals surface area (Å²) < 4.78 is 0. The quantitative estimate of drug-likeness (QED) is 0.708. The highest BCUT2D eigenvalue weighted by molar-refractivity contribution is 5.01. The van der Waals surface area contributed by atoms with Crippen LogP contribution in [0.2, 0.25) is 0 Å². The van der Waals surface area contributed by atoms with Crippen molar-refractivity contribution in [2.24, 2.45) is 5.92 Å². The van der Waals surface area contributed by atoms with E-state index in [-0.39, 0.29) is 10.2 Å². The minimum Gasteiger partial charge on any atom is -0.394 e. The van der Waals surface area contributed by atoms with E-state index in [1.54, 1.807) is 0 Å². The molecule has 0 aromatic rings. The molecule has 86 valence electrons. The van der Waals surface area contributed by atoms with Gasteiger partial charge in [-0.25, -0.2) is 0 Å².